The van der Waals surface area contributed by atoms with E-state index in [4.69, 9.17) is 9.47 Å². The Morgan fingerprint density at radius 2 is 2.09 bits per heavy atom. The van der Waals surface area contributed by atoms with Crippen molar-refractivity contribution in [3.8, 4) is 0 Å². The molecule has 0 aromatic carbocycles. The molecule has 2 aliphatic rings. The van der Waals surface area contributed by atoms with Crippen LogP contribution in [0.4, 0.5) is 0 Å². The van der Waals surface area contributed by atoms with Crippen molar-refractivity contribution in [3.63, 3.8) is 0 Å². The number of guanidine groups is 1. The van der Waals surface area contributed by atoms with Crippen LogP contribution >= 0.6 is 0 Å². The summed E-state index contributed by atoms with van der Waals surface area (Å²) in [5.41, 5.74) is 0.452. The Morgan fingerprint density at radius 1 is 1.36 bits per heavy atom. The summed E-state index contributed by atoms with van der Waals surface area (Å²) in [5, 5.41) is 3.56. The highest BCUT2D eigenvalue weighted by atomic mass is 16.5. The minimum absolute atomic E-state index is 0.452. The van der Waals surface area contributed by atoms with Gasteiger partial charge in [-0.3, -0.25) is 4.99 Å². The maximum Gasteiger partial charge on any atom is 0.193 e. The summed E-state index contributed by atoms with van der Waals surface area (Å²) in [5.74, 6) is 1.83. The highest BCUT2D eigenvalue weighted by molar-refractivity contribution is 5.79. The molecule has 1 aliphatic carbocycles. The fraction of sp³-hybridized carbons (Fsp3) is 0.941. The molecule has 0 unspecified atom stereocenters. The lowest BCUT2D eigenvalue weighted by atomic mass is 9.96. The van der Waals surface area contributed by atoms with E-state index in [2.05, 4.69) is 22.3 Å². The monoisotopic (exact) mass is 311 g/mol. The molecule has 0 bridgehead atoms. The van der Waals surface area contributed by atoms with Crippen LogP contribution in [0.2, 0.25) is 0 Å². The van der Waals surface area contributed by atoms with Crippen molar-refractivity contribution in [2.24, 2.45) is 16.3 Å². The van der Waals surface area contributed by atoms with Gasteiger partial charge in [-0.05, 0) is 49.9 Å². The molecule has 0 amide bonds. The normalized spacial score (nSPS) is 21.7. The van der Waals surface area contributed by atoms with Crippen LogP contribution in [-0.2, 0) is 9.47 Å². The predicted molar refractivity (Wildman–Crippen MR) is 90.3 cm³/mol. The summed E-state index contributed by atoms with van der Waals surface area (Å²) in [6.07, 6.45) is 7.42. The molecule has 0 aromatic rings. The summed E-state index contributed by atoms with van der Waals surface area (Å²) in [6, 6.07) is 0. The molecule has 1 N–H and O–H groups in total. The zero-order chi connectivity index (χ0) is 15.8. The molecule has 22 heavy (non-hydrogen) atoms. The first kappa shape index (κ1) is 17.5. The lowest BCUT2D eigenvalue weighted by Gasteiger charge is -2.27. The van der Waals surface area contributed by atoms with E-state index in [9.17, 15) is 0 Å². The number of nitrogens with zero attached hydrogens (tertiary/aromatic N) is 2. The topological polar surface area (TPSA) is 46.1 Å². The second kappa shape index (κ2) is 8.73. The van der Waals surface area contributed by atoms with Gasteiger partial charge in [0.05, 0.1) is 0 Å². The van der Waals surface area contributed by atoms with E-state index in [-0.39, 0.29) is 0 Å². The highest BCUT2D eigenvalue weighted by Gasteiger charge is 2.42. The van der Waals surface area contributed by atoms with Crippen molar-refractivity contribution in [2.45, 2.75) is 38.5 Å². The second-order valence-electron chi connectivity index (χ2n) is 6.91. The molecule has 0 radical (unpaired) electrons. The van der Waals surface area contributed by atoms with Crippen LogP contribution in [0.1, 0.15) is 38.5 Å². The number of aliphatic imine (C=N–C) groups is 1. The van der Waals surface area contributed by atoms with Crippen molar-refractivity contribution < 1.29 is 9.47 Å². The van der Waals surface area contributed by atoms with Crippen LogP contribution in [0.15, 0.2) is 4.99 Å². The van der Waals surface area contributed by atoms with Crippen molar-refractivity contribution >= 4 is 5.96 Å². The molecule has 5 heteroatoms. The first-order chi connectivity index (χ1) is 10.7. The van der Waals surface area contributed by atoms with E-state index in [0.29, 0.717) is 5.41 Å². The minimum atomic E-state index is 0.452. The molecule has 0 atom stereocenters. The smallest absolute Gasteiger partial charge is 0.193 e. The molecule has 2 rings (SSSR count). The number of hydrogen-bond donors (Lipinski definition) is 1. The Kier molecular flexibility index (Phi) is 6.96. The lowest BCUT2D eigenvalue weighted by molar-refractivity contribution is 0.0625. The maximum absolute atomic E-state index is 5.43. The van der Waals surface area contributed by atoms with Crippen LogP contribution in [0.5, 0.6) is 0 Å². The third-order valence-electron chi connectivity index (χ3n) is 5.20. The second-order valence-corrected chi connectivity index (χ2v) is 6.91. The van der Waals surface area contributed by atoms with Gasteiger partial charge in [0.25, 0.3) is 0 Å². The number of rotatable bonds is 8. The third-order valence-corrected chi connectivity index (χ3v) is 5.20. The quantitative estimate of drug-likeness (QED) is 0.551. The van der Waals surface area contributed by atoms with Gasteiger partial charge in [0.1, 0.15) is 0 Å². The van der Waals surface area contributed by atoms with Gasteiger partial charge in [-0.1, -0.05) is 0 Å². The summed E-state index contributed by atoms with van der Waals surface area (Å²) >= 11 is 0. The van der Waals surface area contributed by atoms with Gasteiger partial charge in [0, 0.05) is 54.1 Å². The van der Waals surface area contributed by atoms with Crippen LogP contribution in [-0.4, -0.2) is 65.0 Å². The number of nitrogens with one attached hydrogen (secondary N) is 1. The first-order valence-corrected chi connectivity index (χ1v) is 8.67. The van der Waals surface area contributed by atoms with Gasteiger partial charge in [-0.25, -0.2) is 0 Å². The van der Waals surface area contributed by atoms with Gasteiger partial charge in [-0.15, -0.1) is 0 Å². The van der Waals surface area contributed by atoms with E-state index < -0.39 is 0 Å². The Balaban J connectivity index is 1.69. The lowest BCUT2D eigenvalue weighted by Crippen LogP contribution is -2.42. The third kappa shape index (κ3) is 5.43. The zero-order valence-electron chi connectivity index (χ0n) is 14.6. The van der Waals surface area contributed by atoms with Crippen molar-refractivity contribution in [3.05, 3.63) is 0 Å². The van der Waals surface area contributed by atoms with Crippen LogP contribution in [0.25, 0.3) is 0 Å². The Bertz CT molecular complexity index is 350. The van der Waals surface area contributed by atoms with Gasteiger partial charge in [0.2, 0.25) is 0 Å². The molecule has 5 nitrogen and oxygen atoms in total. The summed E-state index contributed by atoms with van der Waals surface area (Å²) in [6.45, 7) is 4.81. The molecule has 1 aliphatic heterocycles. The maximum atomic E-state index is 5.43. The minimum Gasteiger partial charge on any atom is -0.385 e. The molecule has 128 valence electrons. The van der Waals surface area contributed by atoms with Gasteiger partial charge in [-0.2, -0.15) is 0 Å². The van der Waals surface area contributed by atoms with Gasteiger partial charge >= 0.3 is 0 Å². The van der Waals surface area contributed by atoms with E-state index in [1.807, 2.05) is 7.05 Å². The predicted octanol–water partition coefficient (Wildman–Crippen LogP) is 2.13. The highest BCUT2D eigenvalue weighted by Crippen LogP contribution is 2.48. The van der Waals surface area contributed by atoms with Crippen LogP contribution < -0.4 is 5.32 Å². The fourth-order valence-corrected chi connectivity index (χ4v) is 3.18. The summed E-state index contributed by atoms with van der Waals surface area (Å²) in [4.78, 5) is 6.70. The number of hydrogen-bond acceptors (Lipinski definition) is 3. The summed E-state index contributed by atoms with van der Waals surface area (Å²) in [7, 11) is 5.80. The molecule has 1 saturated carbocycles. The standard InChI is InChI=1S/C17H33N3O2/c1-18-16(19-14-17(7-8-17)9-13-21-3)20(2)10-4-15-5-11-22-12-6-15/h15H,4-14H2,1-3H3,(H,18,19). The molecule has 1 saturated heterocycles. The average Bonchev–Trinajstić information content (AvgIpc) is 3.33. The SMILES string of the molecule is CN=C(NCC1(CCOC)CC1)N(C)CCC1CCOCC1. The molecule has 0 aromatic heterocycles. The first-order valence-electron chi connectivity index (χ1n) is 8.67. The Morgan fingerprint density at radius 3 is 2.68 bits per heavy atom. The van der Waals surface area contributed by atoms with Gasteiger partial charge < -0.3 is 19.7 Å². The Labute approximate surface area is 135 Å². The molecular formula is C17H33N3O2. The average molecular weight is 311 g/mol. The zero-order valence-corrected chi connectivity index (χ0v) is 14.6. The van der Waals surface area contributed by atoms with Crippen LogP contribution in [0.3, 0.4) is 0 Å². The Hall–Kier alpha value is -0.810. The van der Waals surface area contributed by atoms with E-state index in [0.717, 1.165) is 51.2 Å². The summed E-state index contributed by atoms with van der Waals surface area (Å²) < 4.78 is 10.7. The van der Waals surface area contributed by atoms with Crippen molar-refractivity contribution in [2.75, 3.05) is 54.1 Å². The van der Waals surface area contributed by atoms with Crippen LogP contribution in [0, 0.1) is 11.3 Å². The molecule has 1 heterocycles. The molecule has 2 fully saturated rings. The van der Waals surface area contributed by atoms with Gasteiger partial charge in [0.15, 0.2) is 5.96 Å². The van der Waals surface area contributed by atoms with Crippen molar-refractivity contribution in [1.29, 1.82) is 0 Å². The van der Waals surface area contributed by atoms with E-state index in [1.165, 1.54) is 32.1 Å². The van der Waals surface area contributed by atoms with E-state index in [1.54, 1.807) is 7.11 Å². The van der Waals surface area contributed by atoms with E-state index >= 15 is 0 Å². The molecule has 0 spiro atoms. The number of methoxy groups -OCH3 is 1. The van der Waals surface area contributed by atoms with Crippen molar-refractivity contribution in [1.82, 2.24) is 10.2 Å². The largest absolute Gasteiger partial charge is 0.385 e. The number of ether oxygens (including phenoxy) is 2. The fourth-order valence-electron chi connectivity index (χ4n) is 3.18. The molecular weight excluding hydrogens is 278 g/mol.